The Hall–Kier alpha value is -2.31. The van der Waals surface area contributed by atoms with Crippen molar-refractivity contribution in [3.8, 4) is 11.5 Å². The number of carbonyl (C=O) groups is 1. The zero-order chi connectivity index (χ0) is 18.4. The van der Waals surface area contributed by atoms with Crippen LogP contribution >= 0.6 is 24.0 Å². The van der Waals surface area contributed by atoms with E-state index in [4.69, 9.17) is 21.7 Å². The van der Waals surface area contributed by atoms with Gasteiger partial charge in [-0.2, -0.15) is 0 Å². The second-order valence-electron chi connectivity index (χ2n) is 5.79. The Balaban J connectivity index is 1.47. The van der Waals surface area contributed by atoms with Crippen molar-refractivity contribution in [1.82, 2.24) is 5.32 Å². The van der Waals surface area contributed by atoms with E-state index in [9.17, 15) is 4.79 Å². The largest absolute Gasteiger partial charge is 0.493 e. The molecule has 0 unspecified atom stereocenters. The summed E-state index contributed by atoms with van der Waals surface area (Å²) in [7, 11) is 0. The third-order valence-electron chi connectivity index (χ3n) is 3.65. The van der Waals surface area contributed by atoms with Crippen molar-refractivity contribution in [2.75, 3.05) is 13.2 Å². The summed E-state index contributed by atoms with van der Waals surface area (Å²) in [6, 6.07) is 15.6. The van der Waals surface area contributed by atoms with Gasteiger partial charge in [-0.05, 0) is 42.8 Å². The van der Waals surface area contributed by atoms with E-state index in [-0.39, 0.29) is 5.91 Å². The highest BCUT2D eigenvalue weighted by molar-refractivity contribution is 8.26. The first-order valence-electron chi connectivity index (χ1n) is 8.27. The molecule has 3 rings (SSSR count). The lowest BCUT2D eigenvalue weighted by molar-refractivity contribution is -0.115. The van der Waals surface area contributed by atoms with Crippen LogP contribution in [0.3, 0.4) is 0 Å². The molecular weight excluding hydrogens is 366 g/mol. The summed E-state index contributed by atoms with van der Waals surface area (Å²) in [6.45, 7) is 3.21. The Morgan fingerprint density at radius 3 is 2.50 bits per heavy atom. The maximum atomic E-state index is 11.7. The molecule has 0 aliphatic carbocycles. The monoisotopic (exact) mass is 385 g/mol. The molecular formula is C20H19NO3S2. The van der Waals surface area contributed by atoms with Crippen LogP contribution in [0, 0.1) is 6.92 Å². The van der Waals surface area contributed by atoms with Gasteiger partial charge in [0.05, 0.1) is 18.1 Å². The number of hydrogen-bond donors (Lipinski definition) is 1. The first-order chi connectivity index (χ1) is 12.6. The summed E-state index contributed by atoms with van der Waals surface area (Å²) in [5, 5.41) is 2.61. The number of benzene rings is 2. The first kappa shape index (κ1) is 18.5. The van der Waals surface area contributed by atoms with Crippen LogP contribution in [0.2, 0.25) is 0 Å². The number of nitrogens with one attached hydrogen (secondary N) is 1. The molecule has 26 heavy (non-hydrogen) atoms. The van der Waals surface area contributed by atoms with E-state index < -0.39 is 0 Å². The normalized spacial score (nSPS) is 15.2. The van der Waals surface area contributed by atoms with Gasteiger partial charge in [-0.3, -0.25) is 4.79 Å². The van der Waals surface area contributed by atoms with E-state index in [2.05, 4.69) is 5.32 Å². The quantitative estimate of drug-likeness (QED) is 0.437. The fourth-order valence-corrected chi connectivity index (χ4v) is 3.38. The minimum atomic E-state index is -0.153. The third-order valence-corrected chi connectivity index (χ3v) is 4.81. The van der Waals surface area contributed by atoms with Gasteiger partial charge in [0.25, 0.3) is 5.91 Å². The Morgan fingerprint density at radius 1 is 1.08 bits per heavy atom. The number of aryl methyl sites for hydroxylation is 1. The van der Waals surface area contributed by atoms with Gasteiger partial charge in [0, 0.05) is 6.42 Å². The van der Waals surface area contributed by atoms with Crippen molar-refractivity contribution < 1.29 is 14.3 Å². The molecule has 0 radical (unpaired) electrons. The maximum Gasteiger partial charge on any atom is 0.263 e. The fraction of sp³-hybridized carbons (Fsp3) is 0.200. The Bertz CT molecular complexity index is 831. The SMILES string of the molecule is Cc1ccc(OCCCOc2cccc(/C=C3/SC(=S)NC3=O)c2)cc1. The maximum absolute atomic E-state index is 11.7. The Labute approximate surface area is 162 Å². The second kappa shape index (κ2) is 8.87. The first-order valence-corrected chi connectivity index (χ1v) is 9.50. The molecule has 0 spiro atoms. The highest BCUT2D eigenvalue weighted by atomic mass is 32.2. The van der Waals surface area contributed by atoms with Gasteiger partial charge in [0.2, 0.25) is 0 Å². The number of carbonyl (C=O) groups excluding carboxylic acids is 1. The van der Waals surface area contributed by atoms with Gasteiger partial charge in [-0.15, -0.1) is 0 Å². The number of thioether (sulfide) groups is 1. The molecule has 0 atom stereocenters. The van der Waals surface area contributed by atoms with E-state index in [0.717, 1.165) is 23.5 Å². The van der Waals surface area contributed by atoms with Crippen LogP contribution in [0.5, 0.6) is 11.5 Å². The van der Waals surface area contributed by atoms with Gasteiger partial charge in [0.15, 0.2) is 0 Å². The number of amides is 1. The van der Waals surface area contributed by atoms with Crippen LogP contribution < -0.4 is 14.8 Å². The van der Waals surface area contributed by atoms with Crippen LogP contribution in [0.15, 0.2) is 53.4 Å². The molecule has 1 saturated heterocycles. The molecule has 134 valence electrons. The molecule has 1 heterocycles. The molecule has 0 aromatic heterocycles. The van der Waals surface area contributed by atoms with Crippen LogP contribution in [-0.4, -0.2) is 23.4 Å². The summed E-state index contributed by atoms with van der Waals surface area (Å²) >= 11 is 6.26. The van der Waals surface area contributed by atoms with Crippen molar-refractivity contribution in [2.45, 2.75) is 13.3 Å². The van der Waals surface area contributed by atoms with E-state index in [1.54, 1.807) is 0 Å². The Morgan fingerprint density at radius 2 is 1.81 bits per heavy atom. The van der Waals surface area contributed by atoms with Crippen molar-refractivity contribution in [3.63, 3.8) is 0 Å². The van der Waals surface area contributed by atoms with E-state index in [1.165, 1.54) is 17.3 Å². The minimum Gasteiger partial charge on any atom is -0.493 e. The van der Waals surface area contributed by atoms with Crippen LogP contribution in [0.4, 0.5) is 0 Å². The second-order valence-corrected chi connectivity index (χ2v) is 7.51. The minimum absolute atomic E-state index is 0.153. The van der Waals surface area contributed by atoms with Gasteiger partial charge < -0.3 is 14.8 Å². The van der Waals surface area contributed by atoms with Gasteiger partial charge >= 0.3 is 0 Å². The third kappa shape index (κ3) is 5.34. The molecule has 0 saturated carbocycles. The van der Waals surface area contributed by atoms with Gasteiger partial charge in [-0.25, -0.2) is 0 Å². The predicted molar refractivity (Wildman–Crippen MR) is 110 cm³/mol. The highest BCUT2D eigenvalue weighted by Crippen LogP contribution is 2.26. The summed E-state index contributed by atoms with van der Waals surface area (Å²) in [5.41, 5.74) is 2.12. The number of hydrogen-bond acceptors (Lipinski definition) is 5. The molecule has 4 nitrogen and oxygen atoms in total. The summed E-state index contributed by atoms with van der Waals surface area (Å²) in [4.78, 5) is 12.3. The number of ether oxygens (including phenoxy) is 2. The fourth-order valence-electron chi connectivity index (χ4n) is 2.34. The smallest absolute Gasteiger partial charge is 0.263 e. The number of thiocarbonyl (C=S) groups is 1. The van der Waals surface area contributed by atoms with E-state index in [1.807, 2.05) is 61.5 Å². The molecule has 1 fully saturated rings. The lowest BCUT2D eigenvalue weighted by Crippen LogP contribution is -2.17. The zero-order valence-electron chi connectivity index (χ0n) is 14.4. The summed E-state index contributed by atoms with van der Waals surface area (Å²) < 4.78 is 11.9. The topological polar surface area (TPSA) is 47.6 Å². The number of rotatable bonds is 7. The van der Waals surface area contributed by atoms with E-state index in [0.29, 0.717) is 22.4 Å². The molecule has 2 aromatic rings. The molecule has 1 aliphatic heterocycles. The molecule has 0 bridgehead atoms. The molecule has 6 heteroatoms. The predicted octanol–water partition coefficient (Wildman–Crippen LogP) is 4.33. The average molecular weight is 386 g/mol. The van der Waals surface area contributed by atoms with Crippen LogP contribution in [0.1, 0.15) is 17.5 Å². The van der Waals surface area contributed by atoms with Crippen molar-refractivity contribution in [3.05, 3.63) is 64.6 Å². The van der Waals surface area contributed by atoms with Gasteiger partial charge in [-0.1, -0.05) is 53.8 Å². The lowest BCUT2D eigenvalue weighted by atomic mass is 10.2. The van der Waals surface area contributed by atoms with Crippen molar-refractivity contribution in [2.24, 2.45) is 0 Å². The Kier molecular flexibility index (Phi) is 6.30. The lowest BCUT2D eigenvalue weighted by Gasteiger charge is -2.09. The van der Waals surface area contributed by atoms with E-state index >= 15 is 0 Å². The standard InChI is InChI=1S/C20H19NO3S2/c1-14-6-8-16(9-7-14)23-10-3-11-24-17-5-2-4-15(12-17)13-18-19(22)21-20(25)26-18/h2,4-9,12-13H,3,10-11H2,1H3,(H,21,22,25)/b18-13+. The average Bonchev–Trinajstić information content (AvgIpc) is 2.94. The van der Waals surface area contributed by atoms with Crippen molar-refractivity contribution in [1.29, 1.82) is 0 Å². The summed E-state index contributed by atoms with van der Waals surface area (Å²) in [5.74, 6) is 1.48. The zero-order valence-corrected chi connectivity index (χ0v) is 16.0. The molecule has 2 aromatic carbocycles. The highest BCUT2D eigenvalue weighted by Gasteiger charge is 2.21. The molecule has 1 amide bonds. The summed E-state index contributed by atoms with van der Waals surface area (Å²) in [6.07, 6.45) is 2.60. The molecule has 1 N–H and O–H groups in total. The van der Waals surface area contributed by atoms with Gasteiger partial charge in [0.1, 0.15) is 15.8 Å². The van der Waals surface area contributed by atoms with Crippen LogP contribution in [-0.2, 0) is 4.79 Å². The van der Waals surface area contributed by atoms with Crippen molar-refractivity contribution >= 4 is 40.3 Å². The molecule has 1 aliphatic rings. The van der Waals surface area contributed by atoms with Crippen LogP contribution in [0.25, 0.3) is 6.08 Å².